The highest BCUT2D eigenvalue weighted by molar-refractivity contribution is 6.17. The first-order chi connectivity index (χ1) is 14.2. The SMILES string of the molecule is O=C1C=C(Nc2ccccc2Cc2nc(-c3cccnc3)no2)C(=O)N1CCO. The van der Waals surface area contributed by atoms with Crippen LogP contribution in [-0.4, -0.2) is 50.1 Å². The summed E-state index contributed by atoms with van der Waals surface area (Å²) < 4.78 is 5.35. The van der Waals surface area contributed by atoms with Crippen molar-refractivity contribution in [3.63, 3.8) is 0 Å². The number of pyridine rings is 1. The van der Waals surface area contributed by atoms with Gasteiger partial charge in [-0.05, 0) is 23.8 Å². The number of aromatic nitrogens is 3. The van der Waals surface area contributed by atoms with Gasteiger partial charge in [-0.15, -0.1) is 0 Å². The number of carbonyl (C=O) groups is 2. The molecule has 146 valence electrons. The van der Waals surface area contributed by atoms with Crippen LogP contribution >= 0.6 is 0 Å². The van der Waals surface area contributed by atoms with E-state index in [1.165, 1.54) is 6.08 Å². The second-order valence-corrected chi connectivity index (χ2v) is 6.29. The van der Waals surface area contributed by atoms with Gasteiger partial charge in [-0.25, -0.2) is 0 Å². The number of β-amino-alcohol motifs (C(OH)–C–C–N with tert-alkyl or cyclic N) is 1. The quantitative estimate of drug-likeness (QED) is 0.580. The Bertz CT molecular complexity index is 1080. The number of nitrogens with one attached hydrogen (secondary N) is 1. The van der Waals surface area contributed by atoms with Crippen LogP contribution in [0.4, 0.5) is 5.69 Å². The van der Waals surface area contributed by atoms with Crippen molar-refractivity contribution in [1.29, 1.82) is 0 Å². The van der Waals surface area contributed by atoms with Crippen LogP contribution in [-0.2, 0) is 16.0 Å². The van der Waals surface area contributed by atoms with Gasteiger partial charge in [0.2, 0.25) is 11.7 Å². The average molecular weight is 391 g/mol. The summed E-state index contributed by atoms with van der Waals surface area (Å²) in [7, 11) is 0. The molecule has 0 radical (unpaired) electrons. The maximum absolute atomic E-state index is 12.4. The predicted octanol–water partition coefficient (Wildman–Crippen LogP) is 1.38. The first kappa shape index (κ1) is 18.5. The molecule has 0 saturated carbocycles. The number of benzene rings is 1. The standard InChI is InChI=1S/C20H17N5O4/c26-9-8-25-18(27)11-16(20(25)28)22-15-6-2-1-4-13(15)10-17-23-19(24-29-17)14-5-3-7-21-12-14/h1-7,11-12,22,26H,8-10H2. The number of hydrogen-bond acceptors (Lipinski definition) is 8. The molecule has 29 heavy (non-hydrogen) atoms. The molecule has 3 aromatic rings. The van der Waals surface area contributed by atoms with Crippen LogP contribution in [0.15, 0.2) is 65.1 Å². The number of rotatable bonds is 7. The van der Waals surface area contributed by atoms with Crippen LogP contribution in [0.3, 0.4) is 0 Å². The summed E-state index contributed by atoms with van der Waals surface area (Å²) in [5, 5.41) is 16.0. The lowest BCUT2D eigenvalue weighted by molar-refractivity contribution is -0.137. The van der Waals surface area contributed by atoms with Crippen LogP contribution in [0.1, 0.15) is 11.5 Å². The van der Waals surface area contributed by atoms with E-state index in [2.05, 4.69) is 20.4 Å². The number of anilines is 1. The Morgan fingerprint density at radius 2 is 2.00 bits per heavy atom. The summed E-state index contributed by atoms with van der Waals surface area (Å²) in [6.07, 6.45) is 4.88. The topological polar surface area (TPSA) is 121 Å². The van der Waals surface area contributed by atoms with Gasteiger partial charge in [-0.2, -0.15) is 4.98 Å². The molecule has 0 unspecified atom stereocenters. The van der Waals surface area contributed by atoms with Gasteiger partial charge in [0, 0.05) is 29.7 Å². The van der Waals surface area contributed by atoms with Crippen molar-refractivity contribution in [3.8, 4) is 11.4 Å². The number of amides is 2. The fourth-order valence-electron chi connectivity index (χ4n) is 2.95. The summed E-state index contributed by atoms with van der Waals surface area (Å²) >= 11 is 0. The van der Waals surface area contributed by atoms with Crippen molar-refractivity contribution in [2.75, 3.05) is 18.5 Å². The monoisotopic (exact) mass is 391 g/mol. The number of carbonyl (C=O) groups excluding carboxylic acids is 2. The Hall–Kier alpha value is -3.85. The minimum Gasteiger partial charge on any atom is -0.395 e. The Labute approximate surface area is 165 Å². The molecule has 0 aliphatic carbocycles. The van der Waals surface area contributed by atoms with Crippen LogP contribution < -0.4 is 5.32 Å². The fourth-order valence-corrected chi connectivity index (χ4v) is 2.95. The number of aliphatic hydroxyl groups is 1. The smallest absolute Gasteiger partial charge is 0.277 e. The fraction of sp³-hybridized carbons (Fsp3) is 0.150. The summed E-state index contributed by atoms with van der Waals surface area (Å²) in [5.41, 5.74) is 2.36. The van der Waals surface area contributed by atoms with Gasteiger partial charge in [0.1, 0.15) is 5.70 Å². The summed E-state index contributed by atoms with van der Waals surface area (Å²) in [6, 6.07) is 11.0. The normalized spacial score (nSPS) is 13.7. The Morgan fingerprint density at radius 1 is 1.14 bits per heavy atom. The first-order valence-corrected chi connectivity index (χ1v) is 8.92. The number of imide groups is 1. The van der Waals surface area contributed by atoms with Crippen molar-refractivity contribution < 1.29 is 19.2 Å². The Balaban J connectivity index is 1.53. The molecule has 2 amide bonds. The van der Waals surface area contributed by atoms with Gasteiger partial charge < -0.3 is 14.9 Å². The average Bonchev–Trinajstić information content (AvgIpc) is 3.31. The van der Waals surface area contributed by atoms with Crippen LogP contribution in [0.25, 0.3) is 11.4 Å². The van der Waals surface area contributed by atoms with Gasteiger partial charge in [-0.1, -0.05) is 23.4 Å². The summed E-state index contributed by atoms with van der Waals surface area (Å²) in [5.74, 6) is -0.0853. The van der Waals surface area contributed by atoms with Crippen LogP contribution in [0.2, 0.25) is 0 Å². The largest absolute Gasteiger partial charge is 0.395 e. The van der Waals surface area contributed by atoms with Gasteiger partial charge in [0.15, 0.2) is 0 Å². The second kappa shape index (κ2) is 8.03. The van der Waals surface area contributed by atoms with E-state index in [4.69, 9.17) is 9.63 Å². The molecule has 3 heterocycles. The molecule has 1 aliphatic rings. The molecular formula is C20H17N5O4. The molecule has 2 aromatic heterocycles. The minimum atomic E-state index is -0.476. The van der Waals surface area contributed by atoms with E-state index in [1.807, 2.05) is 24.3 Å². The molecule has 0 bridgehead atoms. The van der Waals surface area contributed by atoms with Crippen molar-refractivity contribution >= 4 is 17.5 Å². The van der Waals surface area contributed by atoms with Crippen molar-refractivity contribution in [2.45, 2.75) is 6.42 Å². The zero-order chi connectivity index (χ0) is 20.2. The third-order valence-corrected chi connectivity index (χ3v) is 4.35. The summed E-state index contributed by atoms with van der Waals surface area (Å²) in [6.45, 7) is -0.328. The molecule has 1 aromatic carbocycles. The van der Waals surface area contributed by atoms with E-state index in [9.17, 15) is 9.59 Å². The van der Waals surface area contributed by atoms with Gasteiger partial charge in [-0.3, -0.25) is 19.5 Å². The summed E-state index contributed by atoms with van der Waals surface area (Å²) in [4.78, 5) is 33.7. The Kier molecular flexibility index (Phi) is 5.12. The third-order valence-electron chi connectivity index (χ3n) is 4.35. The molecule has 2 N–H and O–H groups in total. The number of hydrogen-bond donors (Lipinski definition) is 2. The number of aliphatic hydroxyl groups excluding tert-OH is 1. The predicted molar refractivity (Wildman–Crippen MR) is 102 cm³/mol. The first-order valence-electron chi connectivity index (χ1n) is 8.92. The lowest BCUT2D eigenvalue weighted by Gasteiger charge is -2.14. The molecule has 0 atom stereocenters. The molecule has 0 saturated heterocycles. The molecule has 0 spiro atoms. The molecule has 9 nitrogen and oxygen atoms in total. The van der Waals surface area contributed by atoms with E-state index in [0.29, 0.717) is 23.8 Å². The molecule has 1 aliphatic heterocycles. The highest BCUT2D eigenvalue weighted by Crippen LogP contribution is 2.23. The van der Waals surface area contributed by atoms with E-state index < -0.39 is 11.8 Å². The van der Waals surface area contributed by atoms with Gasteiger partial charge in [0.25, 0.3) is 11.8 Å². The number of para-hydroxylation sites is 1. The maximum atomic E-state index is 12.4. The van der Waals surface area contributed by atoms with Crippen molar-refractivity contribution in [2.24, 2.45) is 0 Å². The lowest BCUT2D eigenvalue weighted by atomic mass is 10.1. The van der Waals surface area contributed by atoms with Crippen molar-refractivity contribution in [3.05, 3.63) is 72.0 Å². The molecular weight excluding hydrogens is 374 g/mol. The highest BCUT2D eigenvalue weighted by Gasteiger charge is 2.30. The molecule has 9 heteroatoms. The van der Waals surface area contributed by atoms with Crippen molar-refractivity contribution in [1.82, 2.24) is 20.0 Å². The van der Waals surface area contributed by atoms with Crippen LogP contribution in [0.5, 0.6) is 0 Å². The zero-order valence-corrected chi connectivity index (χ0v) is 15.3. The molecule has 4 rings (SSSR count). The zero-order valence-electron chi connectivity index (χ0n) is 15.3. The minimum absolute atomic E-state index is 0.0416. The van der Waals surface area contributed by atoms with Crippen LogP contribution in [0, 0.1) is 0 Å². The van der Waals surface area contributed by atoms with E-state index in [1.54, 1.807) is 24.5 Å². The Morgan fingerprint density at radius 3 is 2.79 bits per heavy atom. The lowest BCUT2D eigenvalue weighted by Crippen LogP contribution is -2.34. The van der Waals surface area contributed by atoms with Gasteiger partial charge in [0.05, 0.1) is 19.6 Å². The van der Waals surface area contributed by atoms with E-state index >= 15 is 0 Å². The maximum Gasteiger partial charge on any atom is 0.277 e. The number of nitrogens with zero attached hydrogens (tertiary/aromatic N) is 4. The van der Waals surface area contributed by atoms with Gasteiger partial charge >= 0.3 is 0 Å². The van der Waals surface area contributed by atoms with E-state index in [0.717, 1.165) is 16.0 Å². The molecule has 0 fully saturated rings. The highest BCUT2D eigenvalue weighted by atomic mass is 16.5. The third kappa shape index (κ3) is 3.90. The van der Waals surface area contributed by atoms with E-state index in [-0.39, 0.29) is 18.8 Å². The second-order valence-electron chi connectivity index (χ2n) is 6.29.